The Bertz CT molecular complexity index is 2860. The van der Waals surface area contributed by atoms with Crippen LogP contribution in [0.25, 0.3) is 93.6 Å². The summed E-state index contributed by atoms with van der Waals surface area (Å²) in [7, 11) is 0. The molecule has 7 aromatic carbocycles. The van der Waals surface area contributed by atoms with Gasteiger partial charge in [0.15, 0.2) is 0 Å². The van der Waals surface area contributed by atoms with Crippen molar-refractivity contribution in [2.45, 2.75) is 0 Å². The van der Waals surface area contributed by atoms with Crippen LogP contribution in [0.15, 0.2) is 182 Å². The lowest BCUT2D eigenvalue weighted by Crippen LogP contribution is -2.02. The SMILES string of the molecule is c1ccc(-n2c3ccccc3c3cnccc32)c(-c2cc(-n3c4ccccc4c4ccccc43)cc(-n3c4ccccc4c4ccccc43)c2)c1. The van der Waals surface area contributed by atoms with E-state index in [1.807, 2.05) is 12.4 Å². The molecule has 238 valence electrons. The average Bonchev–Trinajstić information content (AvgIpc) is 3.84. The fourth-order valence-electron chi connectivity index (χ4n) is 8.40. The maximum absolute atomic E-state index is 4.51. The van der Waals surface area contributed by atoms with E-state index in [0.29, 0.717) is 0 Å². The molecule has 4 aromatic heterocycles. The number of nitrogens with zero attached hydrogens (tertiary/aromatic N) is 4. The van der Waals surface area contributed by atoms with Crippen molar-refractivity contribution in [3.63, 3.8) is 0 Å². The van der Waals surface area contributed by atoms with Gasteiger partial charge in [-0.05, 0) is 66.2 Å². The fraction of sp³-hybridized carbons (Fsp3) is 0. The summed E-state index contributed by atoms with van der Waals surface area (Å²) in [6.45, 7) is 0. The maximum atomic E-state index is 4.51. The van der Waals surface area contributed by atoms with Gasteiger partial charge in [-0.15, -0.1) is 0 Å². The summed E-state index contributed by atoms with van der Waals surface area (Å²) in [5, 5.41) is 7.33. The third kappa shape index (κ3) is 4.05. The molecule has 0 radical (unpaired) electrons. The van der Waals surface area contributed by atoms with Crippen molar-refractivity contribution in [1.82, 2.24) is 18.7 Å². The summed E-state index contributed by atoms with van der Waals surface area (Å²) in [5.74, 6) is 0. The van der Waals surface area contributed by atoms with Gasteiger partial charge >= 0.3 is 0 Å². The van der Waals surface area contributed by atoms with E-state index in [2.05, 4.69) is 189 Å². The lowest BCUT2D eigenvalue weighted by atomic mass is 10.0. The standard InChI is InChI=1S/C47H30N4/c1-7-19-41(51-46-24-12-6-18-39(46)40-30-48-26-25-47(40)51)34(13-1)31-27-32(49-42-20-8-2-14-35(42)36-15-3-9-21-43(36)49)29-33(28-31)50-44-22-10-4-16-37(44)38-17-5-11-23-45(38)50/h1-30H. The molecule has 0 aliphatic rings. The molecule has 0 saturated heterocycles. The highest BCUT2D eigenvalue weighted by Gasteiger charge is 2.20. The van der Waals surface area contributed by atoms with Crippen molar-refractivity contribution in [3.8, 4) is 28.2 Å². The van der Waals surface area contributed by atoms with E-state index in [-0.39, 0.29) is 0 Å². The van der Waals surface area contributed by atoms with Gasteiger partial charge in [0, 0.05) is 61.6 Å². The van der Waals surface area contributed by atoms with E-state index in [1.165, 1.54) is 49.0 Å². The number of fused-ring (bicyclic) bond motifs is 9. The molecule has 0 aliphatic carbocycles. The van der Waals surface area contributed by atoms with E-state index in [1.54, 1.807) is 0 Å². The number of para-hydroxylation sites is 6. The summed E-state index contributed by atoms with van der Waals surface area (Å²) in [5.41, 5.74) is 12.7. The second-order valence-corrected chi connectivity index (χ2v) is 13.2. The summed E-state index contributed by atoms with van der Waals surface area (Å²) >= 11 is 0. The van der Waals surface area contributed by atoms with Gasteiger partial charge in [0.05, 0.1) is 38.8 Å². The van der Waals surface area contributed by atoms with Crippen LogP contribution >= 0.6 is 0 Å². The third-order valence-corrected chi connectivity index (χ3v) is 10.5. The smallest absolute Gasteiger partial charge is 0.0572 e. The minimum Gasteiger partial charge on any atom is -0.309 e. The van der Waals surface area contributed by atoms with Crippen molar-refractivity contribution in [2.75, 3.05) is 0 Å². The summed E-state index contributed by atoms with van der Waals surface area (Å²) in [4.78, 5) is 4.51. The lowest BCUT2D eigenvalue weighted by Gasteiger charge is -2.18. The number of benzene rings is 7. The molecule has 0 bridgehead atoms. The monoisotopic (exact) mass is 650 g/mol. The highest BCUT2D eigenvalue weighted by molar-refractivity contribution is 6.12. The first-order valence-electron chi connectivity index (χ1n) is 17.4. The van der Waals surface area contributed by atoms with Gasteiger partial charge in [-0.1, -0.05) is 109 Å². The molecule has 0 spiro atoms. The molecule has 0 atom stereocenters. The van der Waals surface area contributed by atoms with Crippen molar-refractivity contribution in [2.24, 2.45) is 0 Å². The van der Waals surface area contributed by atoms with Crippen LogP contribution in [-0.2, 0) is 0 Å². The molecule has 11 aromatic rings. The zero-order chi connectivity index (χ0) is 33.5. The van der Waals surface area contributed by atoms with Crippen LogP contribution in [0, 0.1) is 0 Å². The van der Waals surface area contributed by atoms with E-state index in [9.17, 15) is 0 Å². The Labute approximate surface area is 293 Å². The molecule has 0 unspecified atom stereocenters. The summed E-state index contributed by atoms with van der Waals surface area (Å²) < 4.78 is 7.26. The van der Waals surface area contributed by atoms with Crippen LogP contribution in [0.2, 0.25) is 0 Å². The maximum Gasteiger partial charge on any atom is 0.0572 e. The molecule has 0 aliphatic heterocycles. The Balaban J connectivity index is 1.27. The minimum absolute atomic E-state index is 1.11. The van der Waals surface area contributed by atoms with Crippen LogP contribution in [0.1, 0.15) is 0 Å². The molecule has 4 heterocycles. The first kappa shape index (κ1) is 28.0. The highest BCUT2D eigenvalue weighted by atomic mass is 15.0. The lowest BCUT2D eigenvalue weighted by molar-refractivity contribution is 1.13. The van der Waals surface area contributed by atoms with Crippen LogP contribution in [0.5, 0.6) is 0 Å². The molecule has 11 rings (SSSR count). The highest BCUT2D eigenvalue weighted by Crippen LogP contribution is 2.40. The topological polar surface area (TPSA) is 27.7 Å². The van der Waals surface area contributed by atoms with Gasteiger partial charge in [-0.2, -0.15) is 0 Å². The molecular formula is C47H30N4. The number of aromatic nitrogens is 4. The first-order chi connectivity index (χ1) is 25.3. The van der Waals surface area contributed by atoms with E-state index in [0.717, 1.165) is 44.6 Å². The molecule has 4 nitrogen and oxygen atoms in total. The quantitative estimate of drug-likeness (QED) is 0.186. The van der Waals surface area contributed by atoms with E-state index in [4.69, 9.17) is 0 Å². The zero-order valence-electron chi connectivity index (χ0n) is 27.6. The Hall–Kier alpha value is -6.91. The van der Waals surface area contributed by atoms with Gasteiger partial charge in [0.2, 0.25) is 0 Å². The first-order valence-corrected chi connectivity index (χ1v) is 17.4. The Morgan fingerprint density at radius 3 is 1.24 bits per heavy atom. The Morgan fingerprint density at radius 2 is 0.725 bits per heavy atom. The second-order valence-electron chi connectivity index (χ2n) is 13.2. The summed E-state index contributed by atoms with van der Waals surface area (Å²) in [6.07, 6.45) is 3.88. The molecule has 51 heavy (non-hydrogen) atoms. The zero-order valence-corrected chi connectivity index (χ0v) is 27.6. The number of hydrogen-bond acceptors (Lipinski definition) is 1. The van der Waals surface area contributed by atoms with Gasteiger partial charge in [0.1, 0.15) is 0 Å². The Kier molecular flexibility index (Phi) is 5.92. The van der Waals surface area contributed by atoms with Crippen molar-refractivity contribution >= 4 is 65.4 Å². The fourth-order valence-corrected chi connectivity index (χ4v) is 8.40. The van der Waals surface area contributed by atoms with Crippen LogP contribution in [-0.4, -0.2) is 18.7 Å². The van der Waals surface area contributed by atoms with Crippen molar-refractivity contribution < 1.29 is 0 Å². The summed E-state index contributed by atoms with van der Waals surface area (Å²) in [6, 6.07) is 61.7. The van der Waals surface area contributed by atoms with Gasteiger partial charge in [0.25, 0.3) is 0 Å². The minimum atomic E-state index is 1.11. The number of rotatable bonds is 4. The molecule has 4 heteroatoms. The third-order valence-electron chi connectivity index (χ3n) is 10.5. The van der Waals surface area contributed by atoms with Gasteiger partial charge < -0.3 is 13.7 Å². The van der Waals surface area contributed by atoms with Crippen LogP contribution in [0.4, 0.5) is 0 Å². The normalized spacial score (nSPS) is 11.9. The van der Waals surface area contributed by atoms with E-state index < -0.39 is 0 Å². The molecular weight excluding hydrogens is 621 g/mol. The predicted molar refractivity (Wildman–Crippen MR) is 213 cm³/mol. The molecule has 0 saturated carbocycles. The largest absolute Gasteiger partial charge is 0.309 e. The van der Waals surface area contributed by atoms with Gasteiger partial charge in [-0.25, -0.2) is 0 Å². The molecule has 0 fully saturated rings. The number of pyridine rings is 1. The molecule has 0 amide bonds. The molecule has 0 N–H and O–H groups in total. The second kappa shape index (κ2) is 10.8. The predicted octanol–water partition coefficient (Wildman–Crippen LogP) is 12.0. The average molecular weight is 651 g/mol. The van der Waals surface area contributed by atoms with Crippen LogP contribution in [0.3, 0.4) is 0 Å². The van der Waals surface area contributed by atoms with Gasteiger partial charge in [-0.3, -0.25) is 4.98 Å². The Morgan fingerprint density at radius 1 is 0.333 bits per heavy atom. The number of hydrogen-bond donors (Lipinski definition) is 0. The van der Waals surface area contributed by atoms with Crippen LogP contribution < -0.4 is 0 Å². The van der Waals surface area contributed by atoms with E-state index >= 15 is 0 Å². The van der Waals surface area contributed by atoms with Crippen molar-refractivity contribution in [1.29, 1.82) is 0 Å². The van der Waals surface area contributed by atoms with Crippen molar-refractivity contribution in [3.05, 3.63) is 182 Å².